The third kappa shape index (κ3) is 5.46. The fourth-order valence-electron chi connectivity index (χ4n) is 1.43. The van der Waals surface area contributed by atoms with E-state index in [4.69, 9.17) is 11.6 Å². The Labute approximate surface area is 117 Å². The zero-order chi connectivity index (χ0) is 14.5. The molecule has 0 heterocycles. The van der Waals surface area contributed by atoms with E-state index < -0.39 is 10.0 Å². The molecule has 106 valence electrons. The first-order valence-electron chi connectivity index (χ1n) is 5.53. The van der Waals surface area contributed by atoms with Gasteiger partial charge in [0.1, 0.15) is 0 Å². The number of nitrogens with one attached hydrogen (secondary N) is 3. The summed E-state index contributed by atoms with van der Waals surface area (Å²) >= 11 is 5.84. The molecule has 0 bridgehead atoms. The largest absolute Gasteiger partial charge is 0.387 e. The summed E-state index contributed by atoms with van der Waals surface area (Å²) in [5.74, 6) is -0.317. The molecule has 0 aliphatic rings. The monoisotopic (exact) mass is 305 g/mol. The van der Waals surface area contributed by atoms with Crippen LogP contribution in [-0.4, -0.2) is 40.7 Å². The predicted molar refractivity (Wildman–Crippen MR) is 76.2 cm³/mol. The summed E-state index contributed by atoms with van der Waals surface area (Å²) in [6, 6.07) is 4.92. The van der Waals surface area contributed by atoms with Crippen LogP contribution in [0.2, 0.25) is 5.02 Å². The first-order chi connectivity index (χ1) is 8.83. The molecule has 0 radical (unpaired) electrons. The number of hydrogen-bond acceptors (Lipinski definition) is 4. The minimum Gasteiger partial charge on any atom is -0.387 e. The van der Waals surface area contributed by atoms with Gasteiger partial charge in [0.05, 0.1) is 11.8 Å². The fraction of sp³-hybridized carbons (Fsp3) is 0.364. The van der Waals surface area contributed by atoms with Crippen LogP contribution in [0.15, 0.2) is 18.2 Å². The second-order valence-corrected chi connectivity index (χ2v) is 6.13. The maximum atomic E-state index is 11.9. The quantitative estimate of drug-likeness (QED) is 0.674. The Bertz CT molecular complexity index is 560. The minimum absolute atomic E-state index is 0.139. The van der Waals surface area contributed by atoms with Crippen molar-refractivity contribution in [2.24, 2.45) is 0 Å². The van der Waals surface area contributed by atoms with Crippen LogP contribution in [0.5, 0.6) is 0 Å². The number of carbonyl (C=O) groups excluding carboxylic acids is 1. The number of sulfonamides is 1. The SMILES string of the molecule is CNc1ccc(Cl)cc1C(=O)NCCNS(C)(=O)=O. The Morgan fingerprint density at radius 2 is 2.00 bits per heavy atom. The molecule has 3 N–H and O–H groups in total. The normalized spacial score (nSPS) is 11.1. The van der Waals surface area contributed by atoms with Gasteiger partial charge in [-0.25, -0.2) is 13.1 Å². The van der Waals surface area contributed by atoms with Crippen molar-refractivity contribution in [2.75, 3.05) is 31.7 Å². The summed E-state index contributed by atoms with van der Waals surface area (Å²) in [5, 5.41) is 5.95. The van der Waals surface area contributed by atoms with Crippen LogP contribution in [0.4, 0.5) is 5.69 Å². The maximum Gasteiger partial charge on any atom is 0.253 e. The molecule has 0 spiro atoms. The smallest absolute Gasteiger partial charge is 0.253 e. The van der Waals surface area contributed by atoms with Crippen molar-refractivity contribution in [2.45, 2.75) is 0 Å². The Hall–Kier alpha value is -1.31. The van der Waals surface area contributed by atoms with Gasteiger partial charge in [-0.2, -0.15) is 0 Å². The molecule has 1 amide bonds. The van der Waals surface area contributed by atoms with E-state index in [1.165, 1.54) is 0 Å². The molecular weight excluding hydrogens is 290 g/mol. The first-order valence-corrected chi connectivity index (χ1v) is 7.80. The molecule has 0 aromatic heterocycles. The van der Waals surface area contributed by atoms with Gasteiger partial charge in [0.25, 0.3) is 5.91 Å². The van der Waals surface area contributed by atoms with Crippen LogP contribution in [-0.2, 0) is 10.0 Å². The van der Waals surface area contributed by atoms with Gasteiger partial charge in [-0.1, -0.05) is 11.6 Å². The van der Waals surface area contributed by atoms with E-state index in [1.807, 2.05) is 0 Å². The molecule has 1 aromatic carbocycles. The molecule has 0 unspecified atom stereocenters. The Morgan fingerprint density at radius 1 is 1.32 bits per heavy atom. The average molecular weight is 306 g/mol. The lowest BCUT2D eigenvalue weighted by atomic mass is 10.1. The van der Waals surface area contributed by atoms with E-state index in [1.54, 1.807) is 25.2 Å². The summed E-state index contributed by atoms with van der Waals surface area (Å²) in [6.45, 7) is 0.335. The molecule has 19 heavy (non-hydrogen) atoms. The topological polar surface area (TPSA) is 87.3 Å². The third-order valence-electron chi connectivity index (χ3n) is 2.27. The molecule has 0 saturated carbocycles. The van der Waals surface area contributed by atoms with Crippen molar-refractivity contribution in [3.63, 3.8) is 0 Å². The zero-order valence-electron chi connectivity index (χ0n) is 10.7. The number of anilines is 1. The van der Waals surface area contributed by atoms with E-state index in [0.717, 1.165) is 6.26 Å². The highest BCUT2D eigenvalue weighted by Crippen LogP contribution is 2.19. The van der Waals surface area contributed by atoms with Crippen molar-refractivity contribution in [3.05, 3.63) is 28.8 Å². The van der Waals surface area contributed by atoms with Gasteiger partial charge in [-0.05, 0) is 18.2 Å². The van der Waals surface area contributed by atoms with Gasteiger partial charge in [-0.15, -0.1) is 0 Å². The van der Waals surface area contributed by atoms with Crippen LogP contribution in [0, 0.1) is 0 Å². The molecule has 0 atom stereocenters. The van der Waals surface area contributed by atoms with Gasteiger partial charge >= 0.3 is 0 Å². The van der Waals surface area contributed by atoms with E-state index in [9.17, 15) is 13.2 Å². The van der Waals surface area contributed by atoms with Crippen molar-refractivity contribution in [1.29, 1.82) is 0 Å². The van der Waals surface area contributed by atoms with Crippen molar-refractivity contribution < 1.29 is 13.2 Å². The molecule has 0 fully saturated rings. The third-order valence-corrected chi connectivity index (χ3v) is 3.23. The average Bonchev–Trinajstić information content (AvgIpc) is 2.33. The Balaban J connectivity index is 2.61. The summed E-state index contributed by atoms with van der Waals surface area (Å²) < 4.78 is 24.0. The lowest BCUT2D eigenvalue weighted by Gasteiger charge is -2.10. The number of halogens is 1. The van der Waals surface area contributed by atoms with Gasteiger partial charge in [-0.3, -0.25) is 4.79 Å². The van der Waals surface area contributed by atoms with Gasteiger partial charge in [0, 0.05) is 30.8 Å². The summed E-state index contributed by atoms with van der Waals surface area (Å²) in [4.78, 5) is 11.9. The van der Waals surface area contributed by atoms with Crippen molar-refractivity contribution >= 4 is 33.2 Å². The molecule has 1 rings (SSSR count). The fourth-order valence-corrected chi connectivity index (χ4v) is 2.07. The Kier molecular flexibility index (Phi) is 5.59. The van der Waals surface area contributed by atoms with Gasteiger partial charge < -0.3 is 10.6 Å². The number of benzene rings is 1. The Morgan fingerprint density at radius 3 is 2.58 bits per heavy atom. The van der Waals surface area contributed by atoms with Crippen LogP contribution >= 0.6 is 11.6 Å². The molecule has 1 aromatic rings. The van der Waals surface area contributed by atoms with E-state index in [2.05, 4.69) is 15.4 Å². The molecule has 8 heteroatoms. The summed E-state index contributed by atoms with van der Waals surface area (Å²) in [7, 11) is -1.54. The number of rotatable bonds is 6. The van der Waals surface area contributed by atoms with Crippen LogP contribution < -0.4 is 15.4 Å². The minimum atomic E-state index is -3.24. The van der Waals surface area contributed by atoms with Gasteiger partial charge in [0.2, 0.25) is 10.0 Å². The lowest BCUT2D eigenvalue weighted by molar-refractivity contribution is 0.0955. The first kappa shape index (κ1) is 15.7. The molecular formula is C11H16ClN3O3S. The van der Waals surface area contributed by atoms with Crippen LogP contribution in [0.3, 0.4) is 0 Å². The highest BCUT2D eigenvalue weighted by Gasteiger charge is 2.11. The number of amides is 1. The van der Waals surface area contributed by atoms with Crippen molar-refractivity contribution in [3.8, 4) is 0 Å². The van der Waals surface area contributed by atoms with Gasteiger partial charge in [0.15, 0.2) is 0 Å². The van der Waals surface area contributed by atoms with Crippen LogP contribution in [0.1, 0.15) is 10.4 Å². The summed E-state index contributed by atoms with van der Waals surface area (Å²) in [5.41, 5.74) is 1.06. The van der Waals surface area contributed by atoms with Crippen molar-refractivity contribution in [1.82, 2.24) is 10.0 Å². The lowest BCUT2D eigenvalue weighted by Crippen LogP contribution is -2.34. The molecule has 6 nitrogen and oxygen atoms in total. The standard InChI is InChI=1S/C11H16ClN3O3S/c1-13-10-4-3-8(12)7-9(10)11(16)14-5-6-15-19(2,17)18/h3-4,7,13,15H,5-6H2,1-2H3,(H,14,16). The van der Waals surface area contributed by atoms with E-state index in [-0.39, 0.29) is 19.0 Å². The highest BCUT2D eigenvalue weighted by molar-refractivity contribution is 7.88. The van der Waals surface area contributed by atoms with Crippen LogP contribution in [0.25, 0.3) is 0 Å². The number of carbonyl (C=O) groups is 1. The second-order valence-electron chi connectivity index (χ2n) is 3.86. The molecule has 0 aliphatic carbocycles. The number of hydrogen-bond donors (Lipinski definition) is 3. The van der Waals surface area contributed by atoms with E-state index in [0.29, 0.717) is 16.3 Å². The zero-order valence-corrected chi connectivity index (χ0v) is 12.2. The second kappa shape index (κ2) is 6.74. The molecule has 0 saturated heterocycles. The summed E-state index contributed by atoms with van der Waals surface area (Å²) in [6.07, 6.45) is 1.06. The van der Waals surface area contributed by atoms with E-state index >= 15 is 0 Å². The highest BCUT2D eigenvalue weighted by atomic mass is 35.5. The maximum absolute atomic E-state index is 11.9. The molecule has 0 aliphatic heterocycles. The predicted octanol–water partition coefficient (Wildman–Crippen LogP) is 0.661.